The lowest BCUT2D eigenvalue weighted by Crippen LogP contribution is -2.00. The van der Waals surface area contributed by atoms with E-state index < -0.39 is 0 Å². The van der Waals surface area contributed by atoms with E-state index in [2.05, 4.69) is 116 Å². The van der Waals surface area contributed by atoms with Crippen LogP contribution < -0.4 is 0 Å². The number of aliphatic imine (C=N–C) groups is 1. The highest BCUT2D eigenvalue weighted by Gasteiger charge is 2.22. The van der Waals surface area contributed by atoms with Gasteiger partial charge in [-0.2, -0.15) is 0 Å². The van der Waals surface area contributed by atoms with Crippen molar-refractivity contribution in [3.63, 3.8) is 0 Å². The number of fused-ring (bicyclic) bond motifs is 2. The smallest absolute Gasteiger partial charge is 0.0788 e. The fraction of sp³-hybridized carbons (Fsp3) is 0.0645. The summed E-state index contributed by atoms with van der Waals surface area (Å²) in [5.41, 5.74) is 11.5. The third-order valence-corrected chi connectivity index (χ3v) is 6.32. The molecule has 0 bridgehead atoms. The number of hydrogen-bond acceptors (Lipinski definition) is 1. The van der Waals surface area contributed by atoms with Crippen LogP contribution in [0.3, 0.4) is 0 Å². The van der Waals surface area contributed by atoms with Crippen LogP contribution in [-0.2, 0) is 0 Å². The third kappa shape index (κ3) is 3.41. The molecule has 0 saturated carbocycles. The van der Waals surface area contributed by atoms with Crippen LogP contribution >= 0.6 is 0 Å². The zero-order valence-electron chi connectivity index (χ0n) is 18.8. The second-order valence-corrected chi connectivity index (χ2v) is 8.73. The summed E-state index contributed by atoms with van der Waals surface area (Å²) in [6.45, 7) is 4.28. The van der Waals surface area contributed by atoms with E-state index in [1.54, 1.807) is 0 Å². The Labute approximate surface area is 194 Å². The van der Waals surface area contributed by atoms with Crippen molar-refractivity contribution in [3.05, 3.63) is 131 Å². The number of rotatable bonds is 3. The van der Waals surface area contributed by atoms with Crippen LogP contribution in [0.5, 0.6) is 0 Å². The molecule has 0 amide bonds. The average molecular weight is 425 g/mol. The normalized spacial score (nSPS) is 14.0. The number of aromatic nitrogens is 1. The van der Waals surface area contributed by atoms with Gasteiger partial charge in [-0.05, 0) is 37.6 Å². The first-order valence-corrected chi connectivity index (χ1v) is 11.3. The monoisotopic (exact) mass is 424 g/mol. The number of nitrogens with one attached hydrogen (secondary N) is 1. The molecule has 2 nitrogen and oxygen atoms in total. The van der Waals surface area contributed by atoms with E-state index in [0.717, 1.165) is 28.4 Å². The first-order chi connectivity index (χ1) is 16.2. The number of hydrogen-bond donors (Lipinski definition) is 1. The van der Waals surface area contributed by atoms with Crippen molar-refractivity contribution in [2.45, 2.75) is 13.8 Å². The Morgan fingerprint density at radius 2 is 1.30 bits per heavy atom. The highest BCUT2D eigenvalue weighted by molar-refractivity contribution is 6.22. The van der Waals surface area contributed by atoms with Gasteiger partial charge in [-0.1, -0.05) is 96.1 Å². The molecule has 5 aromatic rings. The van der Waals surface area contributed by atoms with Crippen LogP contribution in [0.25, 0.3) is 33.8 Å². The Kier molecular flexibility index (Phi) is 4.58. The largest absolute Gasteiger partial charge is 0.354 e. The van der Waals surface area contributed by atoms with Crippen LogP contribution in [0.2, 0.25) is 0 Å². The van der Waals surface area contributed by atoms with Gasteiger partial charge in [0.15, 0.2) is 0 Å². The van der Waals surface area contributed by atoms with Crippen LogP contribution in [-0.4, -0.2) is 10.7 Å². The molecule has 1 aromatic heterocycles. The lowest BCUT2D eigenvalue weighted by Gasteiger charge is -2.04. The zero-order chi connectivity index (χ0) is 22.4. The van der Waals surface area contributed by atoms with Crippen molar-refractivity contribution < 1.29 is 0 Å². The van der Waals surface area contributed by atoms with Gasteiger partial charge in [-0.25, -0.2) is 4.99 Å². The van der Waals surface area contributed by atoms with E-state index in [4.69, 9.17) is 4.99 Å². The van der Waals surface area contributed by atoms with Crippen LogP contribution in [0, 0.1) is 13.8 Å². The Balaban J connectivity index is 1.57. The van der Waals surface area contributed by atoms with Gasteiger partial charge in [-0.15, -0.1) is 0 Å². The first kappa shape index (κ1) is 19.5. The van der Waals surface area contributed by atoms with Gasteiger partial charge < -0.3 is 4.98 Å². The molecule has 0 aliphatic carbocycles. The lowest BCUT2D eigenvalue weighted by molar-refractivity contribution is 1.38. The lowest BCUT2D eigenvalue weighted by atomic mass is 9.97. The molecule has 1 aliphatic heterocycles. The topological polar surface area (TPSA) is 28.1 Å². The van der Waals surface area contributed by atoms with E-state index in [-0.39, 0.29) is 0 Å². The predicted molar refractivity (Wildman–Crippen MR) is 140 cm³/mol. The minimum Gasteiger partial charge on any atom is -0.354 e. The molecule has 0 unspecified atom stereocenters. The number of aromatic amines is 1. The van der Waals surface area contributed by atoms with Gasteiger partial charge in [0, 0.05) is 33.2 Å². The van der Waals surface area contributed by atoms with E-state index in [1.165, 1.54) is 38.6 Å². The highest BCUT2D eigenvalue weighted by atomic mass is 14.8. The second-order valence-electron chi connectivity index (χ2n) is 8.73. The molecule has 158 valence electrons. The molecule has 1 aliphatic rings. The average Bonchev–Trinajstić information content (AvgIpc) is 3.38. The summed E-state index contributed by atoms with van der Waals surface area (Å²) in [5, 5.41) is 2.45. The molecule has 0 atom stereocenters. The maximum atomic E-state index is 5.13. The van der Waals surface area contributed by atoms with Crippen LogP contribution in [0.15, 0.2) is 102 Å². The highest BCUT2D eigenvalue weighted by Crippen LogP contribution is 2.37. The van der Waals surface area contributed by atoms with E-state index in [0.29, 0.717) is 0 Å². The van der Waals surface area contributed by atoms with Crippen LogP contribution in [0.4, 0.5) is 0 Å². The summed E-state index contributed by atoms with van der Waals surface area (Å²) in [6, 6.07) is 34.3. The fourth-order valence-corrected chi connectivity index (χ4v) is 4.70. The van der Waals surface area contributed by atoms with Crippen molar-refractivity contribution in [1.82, 2.24) is 4.98 Å². The number of nitrogens with zero attached hydrogens (tertiary/aromatic N) is 1. The minimum absolute atomic E-state index is 0.993. The SMILES string of the molecule is Cc1ccc2c(c1)C(c1ccccc1)=N/C2=C\c1[nH]c(-c2ccccc2)c2cc(C)ccc12. The van der Waals surface area contributed by atoms with E-state index in [1.807, 2.05) is 6.07 Å². The fourth-order valence-electron chi connectivity index (χ4n) is 4.70. The molecule has 0 saturated heterocycles. The molecule has 2 heterocycles. The molecule has 0 radical (unpaired) electrons. The summed E-state index contributed by atoms with van der Waals surface area (Å²) < 4.78 is 0. The molecule has 0 spiro atoms. The van der Waals surface area contributed by atoms with Gasteiger partial charge in [-0.3, -0.25) is 0 Å². The maximum absolute atomic E-state index is 5.13. The Hall–Kier alpha value is -4.17. The summed E-state index contributed by atoms with van der Waals surface area (Å²) in [5.74, 6) is 0. The number of H-pyrrole nitrogens is 1. The molecule has 33 heavy (non-hydrogen) atoms. The van der Waals surface area contributed by atoms with Crippen molar-refractivity contribution in [1.29, 1.82) is 0 Å². The third-order valence-electron chi connectivity index (χ3n) is 6.32. The molecule has 2 heteroatoms. The number of benzene rings is 4. The van der Waals surface area contributed by atoms with Crippen molar-refractivity contribution >= 4 is 28.3 Å². The van der Waals surface area contributed by atoms with Gasteiger partial charge in [0.05, 0.1) is 17.1 Å². The summed E-state index contributed by atoms with van der Waals surface area (Å²) in [4.78, 5) is 8.84. The van der Waals surface area contributed by atoms with Crippen molar-refractivity contribution in [2.75, 3.05) is 0 Å². The van der Waals surface area contributed by atoms with Crippen LogP contribution in [0.1, 0.15) is 33.5 Å². The standard InChI is InChI=1S/C31H24N2/c1-20-13-15-24-26(17-20)30(22-9-5-3-6-10-22)32-28(24)19-29-25-16-14-21(2)18-27(25)31(33-29)23-11-7-4-8-12-23/h3-19,32H,1-2H3/b29-19-. The second kappa shape index (κ2) is 7.75. The number of aryl methyl sites for hydroxylation is 2. The molecule has 6 rings (SSSR count). The predicted octanol–water partition coefficient (Wildman–Crippen LogP) is 7.80. The molecule has 4 aromatic carbocycles. The Bertz CT molecular complexity index is 1550. The van der Waals surface area contributed by atoms with Gasteiger partial charge in [0.2, 0.25) is 0 Å². The Morgan fingerprint density at radius 1 is 0.636 bits per heavy atom. The molecule has 1 N–H and O–H groups in total. The maximum Gasteiger partial charge on any atom is 0.0788 e. The van der Waals surface area contributed by atoms with Crippen molar-refractivity contribution in [2.24, 2.45) is 4.99 Å². The summed E-state index contributed by atoms with van der Waals surface area (Å²) in [6.07, 6.45) is 2.20. The Morgan fingerprint density at radius 3 is 2.06 bits per heavy atom. The minimum atomic E-state index is 0.993. The zero-order valence-corrected chi connectivity index (χ0v) is 18.8. The van der Waals surface area contributed by atoms with Crippen molar-refractivity contribution in [3.8, 4) is 11.3 Å². The summed E-state index contributed by atoms with van der Waals surface area (Å²) in [7, 11) is 0. The molecular formula is C31H24N2. The molecule has 0 fully saturated rings. The van der Waals surface area contributed by atoms with Gasteiger partial charge in [0.1, 0.15) is 0 Å². The first-order valence-electron chi connectivity index (χ1n) is 11.3. The summed E-state index contributed by atoms with van der Waals surface area (Å²) >= 11 is 0. The van der Waals surface area contributed by atoms with Gasteiger partial charge >= 0.3 is 0 Å². The quantitative estimate of drug-likeness (QED) is 0.306. The van der Waals surface area contributed by atoms with E-state index in [9.17, 15) is 0 Å². The van der Waals surface area contributed by atoms with E-state index >= 15 is 0 Å². The van der Waals surface area contributed by atoms with Gasteiger partial charge in [0.25, 0.3) is 0 Å². The molecular weight excluding hydrogens is 400 g/mol.